The van der Waals surface area contributed by atoms with E-state index in [4.69, 9.17) is 0 Å². The van der Waals surface area contributed by atoms with Crippen molar-refractivity contribution in [3.63, 3.8) is 0 Å². The lowest BCUT2D eigenvalue weighted by Crippen LogP contribution is -2.08. The third-order valence-corrected chi connectivity index (χ3v) is 3.95. The van der Waals surface area contributed by atoms with Crippen LogP contribution in [0.5, 0.6) is 0 Å². The first-order valence-electron chi connectivity index (χ1n) is 7.11. The quantitative estimate of drug-likeness (QED) is 0.511. The van der Waals surface area contributed by atoms with E-state index in [2.05, 4.69) is 27.7 Å². The van der Waals surface area contributed by atoms with Gasteiger partial charge in [0, 0.05) is 0 Å². The first-order valence-corrected chi connectivity index (χ1v) is 7.11. The minimum Gasteiger partial charge on any atom is -0.0651 e. The lowest BCUT2D eigenvalue weighted by atomic mass is 9.85. The van der Waals surface area contributed by atoms with Crippen LogP contribution in [0.1, 0.15) is 72.6 Å². The molecule has 1 rings (SSSR count). The van der Waals surface area contributed by atoms with Gasteiger partial charge >= 0.3 is 0 Å². The molecule has 0 heterocycles. The highest BCUT2D eigenvalue weighted by Gasteiger charge is 2.25. The van der Waals surface area contributed by atoms with Gasteiger partial charge in [0.15, 0.2) is 0 Å². The third kappa shape index (κ3) is 6.22. The van der Waals surface area contributed by atoms with E-state index in [0.29, 0.717) is 0 Å². The van der Waals surface area contributed by atoms with Crippen LogP contribution in [0.2, 0.25) is 0 Å². The molecule has 1 aliphatic rings. The van der Waals surface area contributed by atoms with Gasteiger partial charge in [0.1, 0.15) is 0 Å². The molecule has 0 aromatic rings. The third-order valence-electron chi connectivity index (χ3n) is 3.95. The standard InChI is InChI=1S/C15H30/c1-5-13(4)10-15(7-6-12(2)3)11-14-8-9-14/h12-15H,5-11H2,1-4H3. The summed E-state index contributed by atoms with van der Waals surface area (Å²) in [5, 5.41) is 0. The van der Waals surface area contributed by atoms with Crippen molar-refractivity contribution in [3.05, 3.63) is 0 Å². The van der Waals surface area contributed by atoms with Gasteiger partial charge in [-0.3, -0.25) is 0 Å². The largest absolute Gasteiger partial charge is 0.0651 e. The van der Waals surface area contributed by atoms with Gasteiger partial charge in [-0.1, -0.05) is 59.8 Å². The molecule has 2 atom stereocenters. The van der Waals surface area contributed by atoms with Gasteiger partial charge in [0.2, 0.25) is 0 Å². The highest BCUT2D eigenvalue weighted by molar-refractivity contribution is 4.77. The minimum atomic E-state index is 0.892. The molecule has 0 nitrogen and oxygen atoms in total. The van der Waals surface area contributed by atoms with E-state index in [9.17, 15) is 0 Å². The Hall–Kier alpha value is 0. The SMILES string of the molecule is CCC(C)CC(CCC(C)C)CC1CC1. The Morgan fingerprint density at radius 3 is 2.20 bits per heavy atom. The normalized spacial score (nSPS) is 20.6. The smallest absolute Gasteiger partial charge is 0.0409 e. The predicted octanol–water partition coefficient (Wildman–Crippen LogP) is 5.28. The second kappa shape index (κ2) is 6.55. The first-order chi connectivity index (χ1) is 7.11. The Labute approximate surface area is 96.8 Å². The monoisotopic (exact) mass is 210 g/mol. The Bertz CT molecular complexity index is 155. The van der Waals surface area contributed by atoms with Gasteiger partial charge in [-0.05, 0) is 36.5 Å². The number of rotatable bonds is 8. The van der Waals surface area contributed by atoms with E-state index in [1.165, 1.54) is 44.9 Å². The molecule has 0 aromatic carbocycles. The van der Waals surface area contributed by atoms with Crippen LogP contribution in [0.25, 0.3) is 0 Å². The fourth-order valence-corrected chi connectivity index (χ4v) is 2.46. The molecule has 0 aromatic heterocycles. The molecular weight excluding hydrogens is 180 g/mol. The van der Waals surface area contributed by atoms with E-state index in [-0.39, 0.29) is 0 Å². The summed E-state index contributed by atoms with van der Waals surface area (Å²) >= 11 is 0. The van der Waals surface area contributed by atoms with E-state index < -0.39 is 0 Å². The summed E-state index contributed by atoms with van der Waals surface area (Å²) in [7, 11) is 0. The lowest BCUT2D eigenvalue weighted by Gasteiger charge is -2.21. The average Bonchev–Trinajstić information content (AvgIpc) is 2.97. The van der Waals surface area contributed by atoms with Crippen LogP contribution < -0.4 is 0 Å². The minimum absolute atomic E-state index is 0.892. The molecule has 1 saturated carbocycles. The maximum atomic E-state index is 2.43. The van der Waals surface area contributed by atoms with Crippen LogP contribution >= 0.6 is 0 Å². The van der Waals surface area contributed by atoms with Crippen LogP contribution in [-0.2, 0) is 0 Å². The van der Waals surface area contributed by atoms with Gasteiger partial charge in [-0.25, -0.2) is 0 Å². The topological polar surface area (TPSA) is 0 Å². The summed E-state index contributed by atoms with van der Waals surface area (Å²) < 4.78 is 0. The fraction of sp³-hybridized carbons (Fsp3) is 1.00. The summed E-state index contributed by atoms with van der Waals surface area (Å²) in [6, 6.07) is 0. The molecule has 1 aliphatic carbocycles. The van der Waals surface area contributed by atoms with Gasteiger partial charge in [0.25, 0.3) is 0 Å². The van der Waals surface area contributed by atoms with Gasteiger partial charge < -0.3 is 0 Å². The highest BCUT2D eigenvalue weighted by Crippen LogP contribution is 2.39. The molecule has 0 N–H and O–H groups in total. The van der Waals surface area contributed by atoms with E-state index in [1.54, 1.807) is 0 Å². The van der Waals surface area contributed by atoms with E-state index >= 15 is 0 Å². The molecule has 0 aliphatic heterocycles. The van der Waals surface area contributed by atoms with Crippen molar-refractivity contribution < 1.29 is 0 Å². The summed E-state index contributed by atoms with van der Waals surface area (Å²) in [5.74, 6) is 3.99. The van der Waals surface area contributed by atoms with Gasteiger partial charge in [-0.2, -0.15) is 0 Å². The molecular formula is C15H30. The molecule has 0 saturated heterocycles. The van der Waals surface area contributed by atoms with Crippen molar-refractivity contribution in [2.45, 2.75) is 72.6 Å². The maximum absolute atomic E-state index is 2.43. The van der Waals surface area contributed by atoms with Gasteiger partial charge in [0.05, 0.1) is 0 Å². The van der Waals surface area contributed by atoms with Crippen LogP contribution in [0, 0.1) is 23.7 Å². The van der Waals surface area contributed by atoms with Crippen LogP contribution in [0.3, 0.4) is 0 Å². The first kappa shape index (κ1) is 13.1. The second-order valence-electron chi connectivity index (χ2n) is 6.27. The molecule has 0 amide bonds. The van der Waals surface area contributed by atoms with Crippen molar-refractivity contribution in [2.75, 3.05) is 0 Å². The number of hydrogen-bond acceptors (Lipinski definition) is 0. The Balaban J connectivity index is 2.23. The zero-order valence-corrected chi connectivity index (χ0v) is 11.3. The van der Waals surface area contributed by atoms with E-state index in [1.807, 2.05) is 0 Å². The zero-order chi connectivity index (χ0) is 11.3. The lowest BCUT2D eigenvalue weighted by molar-refractivity contribution is 0.311. The average molecular weight is 210 g/mol. The molecule has 0 spiro atoms. The summed E-state index contributed by atoms with van der Waals surface area (Å²) in [5.41, 5.74) is 0. The van der Waals surface area contributed by atoms with Gasteiger partial charge in [-0.15, -0.1) is 0 Å². The van der Waals surface area contributed by atoms with Crippen molar-refractivity contribution in [1.82, 2.24) is 0 Å². The van der Waals surface area contributed by atoms with Crippen molar-refractivity contribution in [1.29, 1.82) is 0 Å². The summed E-state index contributed by atoms with van der Waals surface area (Å²) in [4.78, 5) is 0. The second-order valence-corrected chi connectivity index (χ2v) is 6.27. The summed E-state index contributed by atoms with van der Waals surface area (Å²) in [6.45, 7) is 9.48. The Morgan fingerprint density at radius 2 is 1.73 bits per heavy atom. The predicted molar refractivity (Wildman–Crippen MR) is 69.0 cm³/mol. The molecule has 2 unspecified atom stereocenters. The Morgan fingerprint density at radius 1 is 1.07 bits per heavy atom. The van der Waals surface area contributed by atoms with Crippen molar-refractivity contribution >= 4 is 0 Å². The van der Waals surface area contributed by atoms with Crippen LogP contribution in [0.15, 0.2) is 0 Å². The molecule has 0 bridgehead atoms. The molecule has 0 radical (unpaired) electrons. The van der Waals surface area contributed by atoms with E-state index in [0.717, 1.165) is 23.7 Å². The zero-order valence-electron chi connectivity index (χ0n) is 11.3. The fourth-order valence-electron chi connectivity index (χ4n) is 2.46. The van der Waals surface area contributed by atoms with Crippen LogP contribution in [0.4, 0.5) is 0 Å². The highest BCUT2D eigenvalue weighted by atomic mass is 14.3. The summed E-state index contributed by atoms with van der Waals surface area (Å²) in [6.07, 6.45) is 10.4. The van der Waals surface area contributed by atoms with Crippen molar-refractivity contribution in [2.24, 2.45) is 23.7 Å². The van der Waals surface area contributed by atoms with Crippen molar-refractivity contribution in [3.8, 4) is 0 Å². The Kier molecular flexibility index (Phi) is 5.71. The van der Waals surface area contributed by atoms with Crippen LogP contribution in [-0.4, -0.2) is 0 Å². The molecule has 15 heavy (non-hydrogen) atoms. The molecule has 1 fully saturated rings. The maximum Gasteiger partial charge on any atom is -0.0409 e. The number of hydrogen-bond donors (Lipinski definition) is 0. The molecule has 0 heteroatoms. The molecule has 90 valence electrons.